The highest BCUT2D eigenvalue weighted by molar-refractivity contribution is 8.03. The number of thioether (sulfide) groups is 1. The molecule has 2 aliphatic heterocycles. The van der Waals surface area contributed by atoms with E-state index in [9.17, 15) is 24.8 Å². The third-order valence-corrected chi connectivity index (χ3v) is 6.02. The van der Waals surface area contributed by atoms with E-state index in [1.807, 2.05) is 0 Å². The van der Waals surface area contributed by atoms with Crippen molar-refractivity contribution in [3.05, 3.63) is 50.5 Å². The van der Waals surface area contributed by atoms with Gasteiger partial charge in [-0.05, 0) is 24.6 Å². The lowest BCUT2D eigenvalue weighted by Gasteiger charge is -2.44. The van der Waals surface area contributed by atoms with Crippen LogP contribution in [0.15, 0.2) is 34.9 Å². The lowest BCUT2D eigenvalue weighted by Crippen LogP contribution is -3.00. The van der Waals surface area contributed by atoms with Gasteiger partial charge in [-0.1, -0.05) is 0 Å². The Bertz CT molecular complexity index is 829. The maximum absolute atomic E-state index is 12.7. The molecule has 3 atom stereocenters. The number of hydrogen-bond acceptors (Lipinski definition) is 7. The number of rotatable bonds is 8. The number of ether oxygens (including phenoxy) is 1. The Morgan fingerprint density at radius 2 is 2.10 bits per heavy atom. The molecule has 0 aliphatic carbocycles. The monoisotopic (exact) mass is 443 g/mol. The molecule has 2 heterocycles. The van der Waals surface area contributed by atoms with Gasteiger partial charge in [-0.25, -0.2) is 4.79 Å². The number of aliphatic hydroxyl groups is 1. The van der Waals surface area contributed by atoms with Gasteiger partial charge in [0.2, 0.25) is 5.91 Å². The van der Waals surface area contributed by atoms with Crippen LogP contribution in [0, 0.1) is 16.0 Å². The van der Waals surface area contributed by atoms with Crippen LogP contribution in [0.4, 0.5) is 5.69 Å². The van der Waals surface area contributed by atoms with Crippen molar-refractivity contribution in [2.45, 2.75) is 32.1 Å². The topological polar surface area (TPSA) is 138 Å². The van der Waals surface area contributed by atoms with Crippen molar-refractivity contribution in [2.75, 3.05) is 12.3 Å². The SMILES string of the molecule is CC(O)C1C(=O)N2C(C(=O)OCc3ccc([N+](=O)[O-])cc3)=C(SCC[NH3+])CC12.[Cl-]. The highest BCUT2D eigenvalue weighted by atomic mass is 35.5. The Hall–Kier alpha value is -2.14. The minimum Gasteiger partial charge on any atom is -1.00 e. The Morgan fingerprint density at radius 1 is 1.45 bits per heavy atom. The van der Waals surface area contributed by atoms with Gasteiger partial charge in [0.1, 0.15) is 12.3 Å². The van der Waals surface area contributed by atoms with Crippen molar-refractivity contribution >= 4 is 29.3 Å². The van der Waals surface area contributed by atoms with E-state index < -0.39 is 22.9 Å². The van der Waals surface area contributed by atoms with Gasteiger partial charge in [-0.15, -0.1) is 11.8 Å². The number of amides is 1. The van der Waals surface area contributed by atoms with Crippen molar-refractivity contribution in [1.29, 1.82) is 0 Å². The average Bonchev–Trinajstić information content (AvgIpc) is 2.98. The number of carbonyl (C=O) groups excluding carboxylic acids is 2. The number of esters is 1. The first-order valence-electron chi connectivity index (χ1n) is 8.92. The summed E-state index contributed by atoms with van der Waals surface area (Å²) in [4.78, 5) is 37.6. The zero-order chi connectivity index (χ0) is 20.4. The van der Waals surface area contributed by atoms with Gasteiger partial charge in [0, 0.05) is 29.2 Å². The summed E-state index contributed by atoms with van der Waals surface area (Å²) in [5, 5.41) is 20.5. The first kappa shape index (κ1) is 23.1. The fraction of sp³-hybridized carbons (Fsp3) is 0.444. The smallest absolute Gasteiger partial charge is 0.356 e. The molecule has 0 spiro atoms. The molecule has 3 unspecified atom stereocenters. The van der Waals surface area contributed by atoms with Crippen molar-refractivity contribution in [1.82, 2.24) is 4.90 Å². The maximum Gasteiger partial charge on any atom is 0.356 e. The summed E-state index contributed by atoms with van der Waals surface area (Å²) in [7, 11) is 0. The molecule has 2 aliphatic rings. The van der Waals surface area contributed by atoms with Crippen LogP contribution in [0.1, 0.15) is 18.9 Å². The number of fused-ring (bicyclic) bond motifs is 1. The van der Waals surface area contributed by atoms with Crippen molar-refractivity contribution in [2.24, 2.45) is 5.92 Å². The number of halogens is 1. The summed E-state index contributed by atoms with van der Waals surface area (Å²) in [5.41, 5.74) is 4.60. The van der Waals surface area contributed by atoms with E-state index in [1.54, 1.807) is 6.92 Å². The molecule has 29 heavy (non-hydrogen) atoms. The molecule has 11 heteroatoms. The van der Waals surface area contributed by atoms with Crippen LogP contribution in [-0.4, -0.2) is 51.2 Å². The normalized spacial score (nSPS) is 21.2. The van der Waals surface area contributed by atoms with Crippen LogP contribution < -0.4 is 18.1 Å². The zero-order valence-corrected chi connectivity index (χ0v) is 17.3. The predicted octanol–water partition coefficient (Wildman–Crippen LogP) is -2.56. The van der Waals surface area contributed by atoms with Crippen LogP contribution in [0.5, 0.6) is 0 Å². The van der Waals surface area contributed by atoms with Crippen molar-refractivity contribution < 1.29 is 42.5 Å². The first-order valence-corrected chi connectivity index (χ1v) is 9.90. The van der Waals surface area contributed by atoms with Gasteiger partial charge in [-0.3, -0.25) is 14.9 Å². The number of nitro benzene ring substituents is 1. The molecule has 3 rings (SSSR count). The molecule has 9 nitrogen and oxygen atoms in total. The highest BCUT2D eigenvalue weighted by Gasteiger charge is 2.56. The summed E-state index contributed by atoms with van der Waals surface area (Å²) in [6.07, 6.45) is -0.253. The third-order valence-electron chi connectivity index (χ3n) is 4.82. The molecular formula is C18H22ClN3O6S. The number of quaternary nitrogens is 1. The molecule has 0 bridgehead atoms. The number of carbonyl (C=O) groups is 2. The van der Waals surface area contributed by atoms with Crippen molar-refractivity contribution in [3.63, 3.8) is 0 Å². The molecule has 1 fully saturated rings. The number of nitrogens with zero attached hydrogens (tertiary/aromatic N) is 2. The molecule has 1 aromatic carbocycles. The summed E-state index contributed by atoms with van der Waals surface area (Å²) in [6, 6.07) is 5.51. The third kappa shape index (κ3) is 4.55. The minimum absolute atomic E-state index is 0. The van der Waals surface area contributed by atoms with Gasteiger partial charge < -0.3 is 32.9 Å². The van der Waals surface area contributed by atoms with Gasteiger partial charge in [0.25, 0.3) is 5.69 Å². The molecule has 1 saturated heterocycles. The van der Waals surface area contributed by atoms with Crippen LogP contribution in [0.2, 0.25) is 0 Å². The highest BCUT2D eigenvalue weighted by Crippen LogP contribution is 2.47. The fourth-order valence-electron chi connectivity index (χ4n) is 3.48. The Labute approximate surface area is 177 Å². The van der Waals surface area contributed by atoms with Gasteiger partial charge >= 0.3 is 5.97 Å². The lowest BCUT2D eigenvalue weighted by molar-refractivity contribution is -0.384. The lowest BCUT2D eigenvalue weighted by atomic mass is 9.83. The van der Waals surface area contributed by atoms with Crippen LogP contribution in [0.3, 0.4) is 0 Å². The van der Waals surface area contributed by atoms with E-state index in [0.29, 0.717) is 24.3 Å². The number of aliphatic hydroxyl groups excluding tert-OH is 1. The van der Waals surface area contributed by atoms with E-state index in [2.05, 4.69) is 5.73 Å². The molecule has 4 N–H and O–H groups in total. The molecular weight excluding hydrogens is 422 g/mol. The summed E-state index contributed by atoms with van der Waals surface area (Å²) < 4.78 is 5.37. The van der Waals surface area contributed by atoms with E-state index in [1.165, 1.54) is 40.9 Å². The number of hydrogen-bond donors (Lipinski definition) is 2. The maximum atomic E-state index is 12.7. The molecule has 1 amide bonds. The van der Waals surface area contributed by atoms with E-state index >= 15 is 0 Å². The largest absolute Gasteiger partial charge is 1.00 e. The van der Waals surface area contributed by atoms with Crippen LogP contribution in [-0.2, 0) is 20.9 Å². The Balaban J connectivity index is 0.00000300. The van der Waals surface area contributed by atoms with Crippen LogP contribution in [0.25, 0.3) is 0 Å². The van der Waals surface area contributed by atoms with E-state index in [4.69, 9.17) is 4.74 Å². The number of nitro groups is 1. The summed E-state index contributed by atoms with van der Waals surface area (Å²) >= 11 is 1.48. The van der Waals surface area contributed by atoms with E-state index in [0.717, 1.165) is 4.91 Å². The number of β-lactam (4-membered cyclic amide) rings is 1. The van der Waals surface area contributed by atoms with Crippen molar-refractivity contribution in [3.8, 4) is 0 Å². The second-order valence-corrected chi connectivity index (χ2v) is 7.91. The Morgan fingerprint density at radius 3 is 2.66 bits per heavy atom. The summed E-state index contributed by atoms with van der Waals surface area (Å²) in [5.74, 6) is -0.671. The zero-order valence-electron chi connectivity index (χ0n) is 15.7. The Kier molecular flexibility index (Phi) is 7.64. The minimum atomic E-state index is -0.775. The number of non-ortho nitro benzene ring substituents is 1. The van der Waals surface area contributed by atoms with Crippen LogP contribution >= 0.6 is 11.8 Å². The molecule has 158 valence electrons. The predicted molar refractivity (Wildman–Crippen MR) is 101 cm³/mol. The molecule has 0 radical (unpaired) electrons. The van der Waals surface area contributed by atoms with Gasteiger partial charge in [0.05, 0.1) is 29.5 Å². The fourth-order valence-corrected chi connectivity index (χ4v) is 4.47. The standard InChI is InChI=1S/C18H21N3O6S.ClH/c1-10(22)15-13-8-14(28-7-6-19)16(20(13)17(15)23)18(24)27-9-11-2-4-12(5-3-11)21(25)26;/h2-5,10,13,15,22H,6-9,19H2,1H3;1H. The quantitative estimate of drug-likeness (QED) is 0.195. The number of benzene rings is 1. The molecule has 0 saturated carbocycles. The van der Waals surface area contributed by atoms with E-state index in [-0.39, 0.29) is 42.3 Å². The van der Waals surface area contributed by atoms with Gasteiger partial charge in [0.15, 0.2) is 0 Å². The second-order valence-electron chi connectivity index (χ2n) is 6.72. The molecule has 0 aromatic heterocycles. The summed E-state index contributed by atoms with van der Waals surface area (Å²) in [6.45, 7) is 2.20. The first-order chi connectivity index (χ1) is 13.3. The average molecular weight is 444 g/mol. The van der Waals surface area contributed by atoms with Gasteiger partial charge in [-0.2, -0.15) is 0 Å². The molecule has 1 aromatic rings. The second kappa shape index (κ2) is 9.57.